The highest BCUT2D eigenvalue weighted by Crippen LogP contribution is 2.31. The summed E-state index contributed by atoms with van der Waals surface area (Å²) in [6.07, 6.45) is 0.464. The smallest absolute Gasteiger partial charge is 0.317 e. The number of ether oxygens (including phenoxy) is 2. The average Bonchev–Trinajstić information content (AvgIpc) is 3.36. The van der Waals surface area contributed by atoms with E-state index in [0.29, 0.717) is 36.7 Å². The van der Waals surface area contributed by atoms with Gasteiger partial charge in [-0.25, -0.2) is 4.98 Å². The van der Waals surface area contributed by atoms with Crippen LogP contribution in [0.5, 0.6) is 11.8 Å². The van der Waals surface area contributed by atoms with Gasteiger partial charge >= 0.3 is 6.01 Å². The third-order valence-corrected chi connectivity index (χ3v) is 5.13. The quantitative estimate of drug-likeness (QED) is 0.346. The molecule has 0 radical (unpaired) electrons. The number of hydrogen-bond donors (Lipinski definition) is 3. The standard InChI is InChI=1S/C24H31N5O6/c1-5-15-9-16(8-14(4)21(15)34-13-18(31)11-25-20(32)12-30)22-28-23(35-29-22)19-10-17(6-2)26-24(27-19)33-7-3/h8-10,18,30-31H,5-7,11-13H2,1-4H3,(H,25,32)/t18-/m0/s1. The number of benzene rings is 1. The molecule has 3 N–H and O–H groups in total. The molecule has 0 aliphatic rings. The molecule has 0 fully saturated rings. The number of aliphatic hydroxyl groups excluding tert-OH is 2. The molecule has 0 saturated heterocycles. The van der Waals surface area contributed by atoms with E-state index < -0.39 is 18.6 Å². The maximum Gasteiger partial charge on any atom is 0.317 e. The van der Waals surface area contributed by atoms with E-state index in [0.717, 1.165) is 22.4 Å². The summed E-state index contributed by atoms with van der Waals surface area (Å²) in [5.74, 6) is 0.769. The van der Waals surface area contributed by atoms with Crippen molar-refractivity contribution in [1.29, 1.82) is 0 Å². The van der Waals surface area contributed by atoms with E-state index in [1.54, 1.807) is 6.07 Å². The Bertz CT molecular complexity index is 1150. The number of carbonyl (C=O) groups is 1. The number of aromatic nitrogens is 4. The van der Waals surface area contributed by atoms with E-state index in [4.69, 9.17) is 19.1 Å². The van der Waals surface area contributed by atoms with Crippen LogP contribution in [0.1, 0.15) is 37.6 Å². The van der Waals surface area contributed by atoms with Crippen molar-refractivity contribution in [3.05, 3.63) is 35.0 Å². The number of hydrogen-bond acceptors (Lipinski definition) is 10. The monoisotopic (exact) mass is 485 g/mol. The second kappa shape index (κ2) is 12.2. The SMILES string of the molecule is CCOc1nc(CC)cc(-c2nc(-c3cc(C)c(OC[C@@H](O)CNC(=O)CO)c(CC)c3)no2)n1. The summed E-state index contributed by atoms with van der Waals surface area (Å²) in [5, 5.41) is 25.4. The molecule has 2 aromatic heterocycles. The first-order valence-electron chi connectivity index (χ1n) is 11.6. The van der Waals surface area contributed by atoms with Gasteiger partial charge in [-0.05, 0) is 56.0 Å². The number of amides is 1. The topological polar surface area (TPSA) is 153 Å². The predicted molar refractivity (Wildman–Crippen MR) is 127 cm³/mol. The van der Waals surface area contributed by atoms with Gasteiger partial charge in [0, 0.05) is 17.8 Å². The number of rotatable bonds is 12. The lowest BCUT2D eigenvalue weighted by molar-refractivity contribution is -0.124. The van der Waals surface area contributed by atoms with Crippen molar-refractivity contribution >= 4 is 5.91 Å². The fourth-order valence-electron chi connectivity index (χ4n) is 3.37. The highest BCUT2D eigenvalue weighted by atomic mass is 16.5. The summed E-state index contributed by atoms with van der Waals surface area (Å²) in [6.45, 7) is 7.53. The van der Waals surface area contributed by atoms with Gasteiger partial charge < -0.3 is 29.5 Å². The van der Waals surface area contributed by atoms with Crippen molar-refractivity contribution < 1.29 is 29.0 Å². The van der Waals surface area contributed by atoms with E-state index in [1.165, 1.54) is 0 Å². The largest absolute Gasteiger partial charge is 0.490 e. The lowest BCUT2D eigenvalue weighted by Crippen LogP contribution is -2.36. The zero-order valence-electron chi connectivity index (χ0n) is 20.4. The Morgan fingerprint density at radius 1 is 1.11 bits per heavy atom. The molecule has 3 aromatic rings. The van der Waals surface area contributed by atoms with Crippen molar-refractivity contribution in [3.8, 4) is 34.7 Å². The molecule has 0 unspecified atom stereocenters. The van der Waals surface area contributed by atoms with Crippen molar-refractivity contribution in [3.63, 3.8) is 0 Å². The van der Waals surface area contributed by atoms with Crippen LogP contribution in [-0.2, 0) is 17.6 Å². The summed E-state index contributed by atoms with van der Waals surface area (Å²) in [5.41, 5.74) is 3.81. The van der Waals surface area contributed by atoms with Crippen LogP contribution in [0.4, 0.5) is 0 Å². The first-order valence-corrected chi connectivity index (χ1v) is 11.6. The number of carbonyl (C=O) groups excluding carboxylic acids is 1. The van der Waals surface area contributed by atoms with Gasteiger partial charge in [-0.2, -0.15) is 9.97 Å². The summed E-state index contributed by atoms with van der Waals surface area (Å²) < 4.78 is 16.8. The highest BCUT2D eigenvalue weighted by Gasteiger charge is 2.18. The van der Waals surface area contributed by atoms with Gasteiger partial charge in [-0.3, -0.25) is 4.79 Å². The molecule has 11 heteroatoms. The molecule has 0 saturated carbocycles. The molecule has 1 atom stereocenters. The summed E-state index contributed by atoms with van der Waals surface area (Å²) in [7, 11) is 0. The third kappa shape index (κ3) is 6.74. The molecule has 1 aromatic carbocycles. The van der Waals surface area contributed by atoms with E-state index in [9.17, 15) is 9.90 Å². The fraction of sp³-hybridized carbons (Fsp3) is 0.458. The van der Waals surface area contributed by atoms with Gasteiger partial charge in [-0.15, -0.1) is 0 Å². The van der Waals surface area contributed by atoms with Gasteiger partial charge in [0.1, 0.15) is 30.8 Å². The lowest BCUT2D eigenvalue weighted by atomic mass is 10.0. The van der Waals surface area contributed by atoms with Crippen LogP contribution >= 0.6 is 0 Å². The third-order valence-electron chi connectivity index (χ3n) is 5.13. The molecule has 2 heterocycles. The molecule has 0 spiro atoms. The van der Waals surface area contributed by atoms with Crippen molar-refractivity contribution in [2.75, 3.05) is 26.4 Å². The molecule has 11 nitrogen and oxygen atoms in total. The molecule has 1 amide bonds. The van der Waals surface area contributed by atoms with Crippen LogP contribution in [0.15, 0.2) is 22.7 Å². The van der Waals surface area contributed by atoms with Gasteiger partial charge in [-0.1, -0.05) is 19.0 Å². The van der Waals surface area contributed by atoms with E-state index in [-0.39, 0.29) is 25.1 Å². The van der Waals surface area contributed by atoms with Crippen molar-refractivity contribution in [2.24, 2.45) is 0 Å². The van der Waals surface area contributed by atoms with Crippen LogP contribution in [0, 0.1) is 6.92 Å². The van der Waals surface area contributed by atoms with Gasteiger partial charge in [0.05, 0.1) is 6.61 Å². The van der Waals surface area contributed by atoms with Crippen molar-refractivity contribution in [2.45, 2.75) is 46.6 Å². The number of nitrogens with one attached hydrogen (secondary N) is 1. The Morgan fingerprint density at radius 3 is 2.60 bits per heavy atom. The Balaban J connectivity index is 1.80. The number of aliphatic hydroxyl groups is 2. The minimum absolute atomic E-state index is 0.0130. The zero-order chi connectivity index (χ0) is 25.4. The number of nitrogens with zero attached hydrogens (tertiary/aromatic N) is 4. The van der Waals surface area contributed by atoms with Gasteiger partial charge in [0.15, 0.2) is 0 Å². The molecular formula is C24H31N5O6. The second-order valence-corrected chi connectivity index (χ2v) is 7.80. The van der Waals surface area contributed by atoms with E-state index in [2.05, 4.69) is 25.4 Å². The minimum Gasteiger partial charge on any atom is -0.490 e. The fourth-order valence-corrected chi connectivity index (χ4v) is 3.37. The molecule has 3 rings (SSSR count). The Morgan fingerprint density at radius 2 is 1.91 bits per heavy atom. The summed E-state index contributed by atoms with van der Waals surface area (Å²) >= 11 is 0. The van der Waals surface area contributed by atoms with Crippen molar-refractivity contribution in [1.82, 2.24) is 25.4 Å². The minimum atomic E-state index is -0.920. The summed E-state index contributed by atoms with van der Waals surface area (Å²) in [4.78, 5) is 24.4. The second-order valence-electron chi connectivity index (χ2n) is 7.80. The molecule has 0 aliphatic heterocycles. The first kappa shape index (κ1) is 26.0. The lowest BCUT2D eigenvalue weighted by Gasteiger charge is -2.17. The van der Waals surface area contributed by atoms with Crippen LogP contribution in [0.2, 0.25) is 0 Å². The van der Waals surface area contributed by atoms with Gasteiger partial charge in [0.25, 0.3) is 5.89 Å². The maximum absolute atomic E-state index is 11.1. The predicted octanol–water partition coefficient (Wildman–Crippen LogP) is 1.87. The number of aryl methyl sites for hydroxylation is 3. The highest BCUT2D eigenvalue weighted by molar-refractivity contribution is 5.76. The first-order chi connectivity index (χ1) is 16.9. The van der Waals surface area contributed by atoms with E-state index >= 15 is 0 Å². The molecule has 0 aliphatic carbocycles. The van der Waals surface area contributed by atoms with Crippen LogP contribution in [-0.4, -0.2) is 68.7 Å². The Kier molecular flexibility index (Phi) is 9.10. The zero-order valence-corrected chi connectivity index (χ0v) is 20.4. The average molecular weight is 486 g/mol. The maximum atomic E-state index is 11.1. The Hall–Kier alpha value is -3.57. The molecule has 0 bridgehead atoms. The molecule has 35 heavy (non-hydrogen) atoms. The van der Waals surface area contributed by atoms with Crippen LogP contribution in [0.25, 0.3) is 23.0 Å². The van der Waals surface area contributed by atoms with Crippen LogP contribution in [0.3, 0.4) is 0 Å². The summed E-state index contributed by atoms with van der Waals surface area (Å²) in [6, 6.07) is 5.87. The Labute approximate surface area is 203 Å². The van der Waals surface area contributed by atoms with Crippen LogP contribution < -0.4 is 14.8 Å². The van der Waals surface area contributed by atoms with Gasteiger partial charge in [0.2, 0.25) is 11.7 Å². The van der Waals surface area contributed by atoms with E-state index in [1.807, 2.05) is 39.8 Å². The normalized spacial score (nSPS) is 11.8. The molecule has 188 valence electrons. The molecular weight excluding hydrogens is 454 g/mol.